The number of aryl methyl sites for hydroxylation is 2. The Labute approximate surface area is 198 Å². The minimum Gasteiger partial charge on any atom is -0.425 e. The van der Waals surface area contributed by atoms with Gasteiger partial charge < -0.3 is 9.30 Å². The van der Waals surface area contributed by atoms with E-state index in [1.54, 1.807) is 71.1 Å². The summed E-state index contributed by atoms with van der Waals surface area (Å²) in [6.45, 7) is 8.64. The molecular formula is C27H30N2O5. The summed E-state index contributed by atoms with van der Waals surface area (Å²) in [6, 6.07) is 13.8. The highest BCUT2D eigenvalue weighted by Crippen LogP contribution is 2.33. The Hall–Kier alpha value is -3.74. The molecule has 1 heterocycles. The number of ether oxygens (including phenoxy) is 1. The third-order valence-electron chi connectivity index (χ3n) is 5.66. The van der Waals surface area contributed by atoms with Crippen molar-refractivity contribution in [3.8, 4) is 5.75 Å². The van der Waals surface area contributed by atoms with Gasteiger partial charge in [0.05, 0.1) is 17.1 Å². The van der Waals surface area contributed by atoms with Gasteiger partial charge in [-0.05, 0) is 30.2 Å². The molecule has 0 aliphatic heterocycles. The minimum atomic E-state index is -0.829. The molecule has 0 atom stereocenters. The molecule has 0 bridgehead atoms. The van der Waals surface area contributed by atoms with Crippen LogP contribution in [0.4, 0.5) is 5.69 Å². The first kappa shape index (κ1) is 24.9. The molecule has 0 unspecified atom stereocenters. The molecule has 34 heavy (non-hydrogen) atoms. The van der Waals surface area contributed by atoms with Crippen LogP contribution in [0.1, 0.15) is 50.5 Å². The molecule has 7 nitrogen and oxygen atoms in total. The van der Waals surface area contributed by atoms with Crippen LogP contribution >= 0.6 is 0 Å². The first-order chi connectivity index (χ1) is 16.1. The maximum Gasteiger partial charge on any atom is 0.313 e. The Kier molecular flexibility index (Phi) is 7.35. The van der Waals surface area contributed by atoms with Crippen molar-refractivity contribution in [1.29, 1.82) is 0 Å². The number of imide groups is 1. The standard InChI is InChI=1S/C27H30N2O5/c1-7-18-12-11-15-20-21(18)23(34-27(33)17(4)5)22(25(31)28(20)6)26(32)29(24(30)16(2)3)19-13-9-8-10-14-19/h8-17H,7H2,1-6H3. The summed E-state index contributed by atoms with van der Waals surface area (Å²) < 4.78 is 7.09. The first-order valence-electron chi connectivity index (χ1n) is 11.4. The topological polar surface area (TPSA) is 85.7 Å². The number of nitrogens with zero attached hydrogens (tertiary/aromatic N) is 2. The average molecular weight is 463 g/mol. The van der Waals surface area contributed by atoms with E-state index in [2.05, 4.69) is 0 Å². The van der Waals surface area contributed by atoms with Gasteiger partial charge >= 0.3 is 5.97 Å². The molecule has 0 aliphatic rings. The van der Waals surface area contributed by atoms with Crippen LogP contribution in [0.15, 0.2) is 53.3 Å². The number of carbonyl (C=O) groups excluding carboxylic acids is 3. The van der Waals surface area contributed by atoms with Crippen LogP contribution in [0.25, 0.3) is 10.9 Å². The van der Waals surface area contributed by atoms with Crippen molar-refractivity contribution in [3.05, 3.63) is 70.0 Å². The van der Waals surface area contributed by atoms with Crippen molar-refractivity contribution >= 4 is 34.4 Å². The largest absolute Gasteiger partial charge is 0.425 e. The van der Waals surface area contributed by atoms with Crippen LogP contribution in [0.5, 0.6) is 5.75 Å². The molecule has 2 amide bonds. The van der Waals surface area contributed by atoms with Gasteiger partial charge in [0.1, 0.15) is 5.56 Å². The predicted octanol–water partition coefficient (Wildman–Crippen LogP) is 4.49. The summed E-state index contributed by atoms with van der Waals surface area (Å²) in [4.78, 5) is 54.4. The summed E-state index contributed by atoms with van der Waals surface area (Å²) >= 11 is 0. The van der Waals surface area contributed by atoms with Crippen molar-refractivity contribution in [2.24, 2.45) is 18.9 Å². The lowest BCUT2D eigenvalue weighted by atomic mass is 10.0. The highest BCUT2D eigenvalue weighted by molar-refractivity contribution is 6.23. The number of benzene rings is 2. The fraction of sp³-hybridized carbons (Fsp3) is 0.333. The van der Waals surface area contributed by atoms with Gasteiger partial charge in [-0.1, -0.05) is 65.0 Å². The first-order valence-corrected chi connectivity index (χ1v) is 11.4. The van der Waals surface area contributed by atoms with Gasteiger partial charge in [0.25, 0.3) is 11.5 Å². The van der Waals surface area contributed by atoms with E-state index < -0.39 is 35.2 Å². The van der Waals surface area contributed by atoms with Crippen molar-refractivity contribution in [1.82, 2.24) is 4.57 Å². The maximum atomic E-state index is 14.0. The average Bonchev–Trinajstić information content (AvgIpc) is 2.82. The Morgan fingerprint density at radius 3 is 2.15 bits per heavy atom. The van der Waals surface area contributed by atoms with Gasteiger partial charge in [0.15, 0.2) is 5.75 Å². The van der Waals surface area contributed by atoms with E-state index in [-0.39, 0.29) is 11.3 Å². The second-order valence-electron chi connectivity index (χ2n) is 8.78. The summed E-state index contributed by atoms with van der Waals surface area (Å²) in [5.41, 5.74) is 0.694. The van der Waals surface area contributed by atoms with Crippen molar-refractivity contribution in [2.45, 2.75) is 41.0 Å². The quantitative estimate of drug-likeness (QED) is 0.504. The second kappa shape index (κ2) is 10.0. The number of rotatable bonds is 6. The number of hydrogen-bond donors (Lipinski definition) is 0. The highest BCUT2D eigenvalue weighted by atomic mass is 16.5. The zero-order chi connectivity index (χ0) is 25.2. The maximum absolute atomic E-state index is 14.0. The predicted molar refractivity (Wildman–Crippen MR) is 132 cm³/mol. The lowest BCUT2D eigenvalue weighted by Crippen LogP contribution is -2.43. The van der Waals surface area contributed by atoms with E-state index in [1.165, 1.54) is 4.57 Å². The van der Waals surface area contributed by atoms with Gasteiger partial charge in [0, 0.05) is 18.4 Å². The fourth-order valence-electron chi connectivity index (χ4n) is 3.72. The molecule has 0 radical (unpaired) electrons. The Morgan fingerprint density at radius 2 is 1.59 bits per heavy atom. The number of pyridine rings is 1. The molecule has 0 aliphatic carbocycles. The van der Waals surface area contributed by atoms with E-state index in [0.29, 0.717) is 23.0 Å². The summed E-state index contributed by atoms with van der Waals surface area (Å²) in [5, 5.41) is 0.509. The number of para-hydroxylation sites is 1. The normalized spacial score (nSPS) is 11.2. The summed E-state index contributed by atoms with van der Waals surface area (Å²) in [5.74, 6) is -2.97. The molecular weight excluding hydrogens is 432 g/mol. The van der Waals surface area contributed by atoms with Crippen LogP contribution in [0.2, 0.25) is 0 Å². The lowest BCUT2D eigenvalue weighted by molar-refractivity contribution is -0.137. The molecule has 3 aromatic rings. The molecule has 3 rings (SSSR count). The van der Waals surface area contributed by atoms with E-state index in [9.17, 15) is 19.2 Å². The SMILES string of the molecule is CCc1cccc2c1c(OC(=O)C(C)C)c(C(=O)N(C(=O)C(C)C)c1ccccc1)c(=O)n2C. The van der Waals surface area contributed by atoms with E-state index in [1.807, 2.05) is 19.1 Å². The number of amides is 2. The second-order valence-corrected chi connectivity index (χ2v) is 8.78. The zero-order valence-corrected chi connectivity index (χ0v) is 20.4. The van der Waals surface area contributed by atoms with Crippen LogP contribution < -0.4 is 15.2 Å². The summed E-state index contributed by atoms with van der Waals surface area (Å²) in [7, 11) is 1.56. The Balaban J connectivity index is 2.41. The van der Waals surface area contributed by atoms with E-state index in [0.717, 1.165) is 10.5 Å². The van der Waals surface area contributed by atoms with E-state index >= 15 is 0 Å². The van der Waals surface area contributed by atoms with E-state index in [4.69, 9.17) is 4.74 Å². The monoisotopic (exact) mass is 462 g/mol. The van der Waals surface area contributed by atoms with Crippen LogP contribution in [0.3, 0.4) is 0 Å². The highest BCUT2D eigenvalue weighted by Gasteiger charge is 2.34. The summed E-state index contributed by atoms with van der Waals surface area (Å²) in [6.07, 6.45) is 0.586. The molecule has 0 N–H and O–H groups in total. The number of carbonyl (C=O) groups is 3. The van der Waals surface area contributed by atoms with Crippen LogP contribution in [0, 0.1) is 11.8 Å². The van der Waals surface area contributed by atoms with Gasteiger partial charge in [-0.3, -0.25) is 19.2 Å². The number of esters is 1. The third kappa shape index (κ3) is 4.51. The number of hydrogen-bond acceptors (Lipinski definition) is 5. The molecule has 0 saturated carbocycles. The van der Waals surface area contributed by atoms with Gasteiger partial charge in [-0.2, -0.15) is 0 Å². The van der Waals surface area contributed by atoms with Gasteiger partial charge in [-0.15, -0.1) is 0 Å². The van der Waals surface area contributed by atoms with Gasteiger partial charge in [0.2, 0.25) is 5.91 Å². The Morgan fingerprint density at radius 1 is 0.941 bits per heavy atom. The molecule has 0 spiro atoms. The lowest BCUT2D eigenvalue weighted by Gasteiger charge is -2.25. The van der Waals surface area contributed by atoms with Crippen molar-refractivity contribution in [3.63, 3.8) is 0 Å². The molecule has 178 valence electrons. The third-order valence-corrected chi connectivity index (χ3v) is 5.66. The Bertz CT molecular complexity index is 1310. The number of fused-ring (bicyclic) bond motifs is 1. The van der Waals surface area contributed by atoms with Crippen LogP contribution in [-0.2, 0) is 23.1 Å². The molecule has 0 saturated heterocycles. The molecule has 7 heteroatoms. The van der Waals surface area contributed by atoms with Gasteiger partial charge in [-0.25, -0.2) is 4.90 Å². The molecule has 0 fully saturated rings. The molecule has 1 aromatic heterocycles. The van der Waals surface area contributed by atoms with Crippen molar-refractivity contribution < 1.29 is 19.1 Å². The fourth-order valence-corrected chi connectivity index (χ4v) is 3.72. The number of anilines is 1. The minimum absolute atomic E-state index is 0.100. The zero-order valence-electron chi connectivity index (χ0n) is 20.4. The molecule has 2 aromatic carbocycles. The van der Waals surface area contributed by atoms with Crippen molar-refractivity contribution in [2.75, 3.05) is 4.90 Å². The smallest absolute Gasteiger partial charge is 0.313 e. The number of aromatic nitrogens is 1. The van der Waals surface area contributed by atoms with Crippen LogP contribution in [-0.4, -0.2) is 22.4 Å².